The fourth-order valence-electron chi connectivity index (χ4n) is 2.74. The first-order valence-electron chi connectivity index (χ1n) is 8.20. The molecule has 23 heavy (non-hydrogen) atoms. The average Bonchev–Trinajstić information content (AvgIpc) is 2.59. The molecule has 1 aromatic carbocycles. The van der Waals surface area contributed by atoms with E-state index in [2.05, 4.69) is 31.2 Å². The molecule has 1 aromatic rings. The van der Waals surface area contributed by atoms with Crippen molar-refractivity contribution in [2.75, 3.05) is 31.9 Å². The quantitative estimate of drug-likeness (QED) is 0.831. The summed E-state index contributed by atoms with van der Waals surface area (Å²) in [5.41, 5.74) is 1.31. The first-order valence-corrected chi connectivity index (χ1v) is 9.24. The van der Waals surface area contributed by atoms with E-state index in [1.165, 1.54) is 5.56 Å². The predicted octanol–water partition coefficient (Wildman–Crippen LogP) is 2.60. The Labute approximate surface area is 143 Å². The molecule has 4 nitrogen and oxygen atoms in total. The highest BCUT2D eigenvalue weighted by atomic mass is 32.2. The highest BCUT2D eigenvalue weighted by Crippen LogP contribution is 2.24. The lowest BCUT2D eigenvalue weighted by Gasteiger charge is -2.35. The van der Waals surface area contributed by atoms with Crippen molar-refractivity contribution in [1.29, 1.82) is 0 Å². The van der Waals surface area contributed by atoms with Gasteiger partial charge in [0, 0.05) is 38.9 Å². The maximum atomic E-state index is 12.5. The number of thioether (sulfide) groups is 1. The van der Waals surface area contributed by atoms with Crippen molar-refractivity contribution >= 4 is 23.6 Å². The van der Waals surface area contributed by atoms with E-state index in [-0.39, 0.29) is 17.1 Å². The van der Waals surface area contributed by atoms with E-state index < -0.39 is 0 Å². The molecule has 0 saturated carbocycles. The van der Waals surface area contributed by atoms with Crippen molar-refractivity contribution in [1.82, 2.24) is 9.80 Å². The number of benzene rings is 1. The van der Waals surface area contributed by atoms with Crippen LogP contribution in [0.25, 0.3) is 0 Å². The highest BCUT2D eigenvalue weighted by molar-refractivity contribution is 8.00. The lowest BCUT2D eigenvalue weighted by atomic mass is 10.0. The number of hydrogen-bond acceptors (Lipinski definition) is 3. The minimum atomic E-state index is -0.0370. The number of hydrogen-bond donors (Lipinski definition) is 0. The number of carbonyl (C=O) groups is 2. The Hall–Kier alpha value is -1.49. The average molecular weight is 334 g/mol. The van der Waals surface area contributed by atoms with Crippen LogP contribution in [0.4, 0.5) is 0 Å². The SMILES string of the molecule is CC(=O)N1CCN(C(=O)[C@@H](C)SC[C@H](C)c2ccccc2)CC1. The van der Waals surface area contributed by atoms with E-state index in [0.29, 0.717) is 32.1 Å². The minimum Gasteiger partial charge on any atom is -0.339 e. The summed E-state index contributed by atoms with van der Waals surface area (Å²) in [6.45, 7) is 8.38. The van der Waals surface area contributed by atoms with E-state index in [9.17, 15) is 9.59 Å². The monoisotopic (exact) mass is 334 g/mol. The Morgan fingerprint density at radius 1 is 1.04 bits per heavy atom. The number of amides is 2. The lowest BCUT2D eigenvalue weighted by molar-refractivity contribution is -0.137. The third-order valence-electron chi connectivity index (χ3n) is 4.35. The fraction of sp³-hybridized carbons (Fsp3) is 0.556. The third-order valence-corrected chi connectivity index (χ3v) is 5.74. The molecule has 2 rings (SSSR count). The van der Waals surface area contributed by atoms with Gasteiger partial charge in [0.2, 0.25) is 11.8 Å². The van der Waals surface area contributed by atoms with Gasteiger partial charge in [0.1, 0.15) is 0 Å². The molecule has 126 valence electrons. The molecule has 0 aromatic heterocycles. The Bertz CT molecular complexity index is 527. The molecule has 0 bridgehead atoms. The van der Waals surface area contributed by atoms with Crippen molar-refractivity contribution in [2.24, 2.45) is 0 Å². The van der Waals surface area contributed by atoms with Gasteiger partial charge in [-0.3, -0.25) is 9.59 Å². The number of rotatable bonds is 5. The van der Waals surface area contributed by atoms with Crippen LogP contribution < -0.4 is 0 Å². The highest BCUT2D eigenvalue weighted by Gasteiger charge is 2.26. The van der Waals surface area contributed by atoms with Crippen molar-refractivity contribution in [2.45, 2.75) is 31.9 Å². The van der Waals surface area contributed by atoms with Gasteiger partial charge in [-0.15, -0.1) is 11.8 Å². The van der Waals surface area contributed by atoms with Crippen molar-refractivity contribution in [3.05, 3.63) is 35.9 Å². The molecule has 1 aliphatic heterocycles. The van der Waals surface area contributed by atoms with Gasteiger partial charge >= 0.3 is 0 Å². The Morgan fingerprint density at radius 3 is 2.17 bits per heavy atom. The molecule has 0 aliphatic carbocycles. The molecule has 2 amide bonds. The molecule has 0 spiro atoms. The summed E-state index contributed by atoms with van der Waals surface area (Å²) in [6.07, 6.45) is 0. The van der Waals surface area contributed by atoms with Crippen LogP contribution in [0.5, 0.6) is 0 Å². The Balaban J connectivity index is 1.78. The lowest BCUT2D eigenvalue weighted by Crippen LogP contribution is -2.51. The second-order valence-corrected chi connectivity index (χ2v) is 7.49. The summed E-state index contributed by atoms with van der Waals surface area (Å²) in [4.78, 5) is 27.6. The molecule has 0 radical (unpaired) electrons. The number of piperazine rings is 1. The van der Waals surface area contributed by atoms with E-state index in [1.807, 2.05) is 17.9 Å². The van der Waals surface area contributed by atoms with Gasteiger partial charge in [0.25, 0.3) is 0 Å². The van der Waals surface area contributed by atoms with Crippen LogP contribution in [-0.2, 0) is 9.59 Å². The molecule has 2 atom stereocenters. The van der Waals surface area contributed by atoms with Gasteiger partial charge < -0.3 is 9.80 Å². The zero-order valence-electron chi connectivity index (χ0n) is 14.2. The van der Waals surface area contributed by atoms with Crippen molar-refractivity contribution < 1.29 is 9.59 Å². The van der Waals surface area contributed by atoms with Crippen molar-refractivity contribution in [3.63, 3.8) is 0 Å². The molecule has 0 unspecified atom stereocenters. The molecule has 1 fully saturated rings. The normalized spacial score (nSPS) is 17.7. The van der Waals surface area contributed by atoms with Crippen LogP contribution in [0.2, 0.25) is 0 Å². The molecular formula is C18H26N2O2S. The smallest absolute Gasteiger partial charge is 0.235 e. The molecular weight excluding hydrogens is 308 g/mol. The van der Waals surface area contributed by atoms with Gasteiger partial charge in [-0.05, 0) is 18.4 Å². The second-order valence-electron chi connectivity index (χ2n) is 6.12. The maximum absolute atomic E-state index is 12.5. The number of nitrogens with zero attached hydrogens (tertiary/aromatic N) is 2. The maximum Gasteiger partial charge on any atom is 0.235 e. The fourth-order valence-corrected chi connectivity index (χ4v) is 3.80. The van der Waals surface area contributed by atoms with Gasteiger partial charge in [-0.2, -0.15) is 0 Å². The topological polar surface area (TPSA) is 40.6 Å². The Kier molecular flexibility index (Phi) is 6.51. The van der Waals surface area contributed by atoms with Gasteiger partial charge in [-0.25, -0.2) is 0 Å². The van der Waals surface area contributed by atoms with Crippen LogP contribution >= 0.6 is 11.8 Å². The van der Waals surface area contributed by atoms with E-state index in [1.54, 1.807) is 23.6 Å². The molecule has 1 saturated heterocycles. The first-order chi connectivity index (χ1) is 11.0. The van der Waals surface area contributed by atoms with Gasteiger partial charge in [0.15, 0.2) is 0 Å². The standard InChI is InChI=1S/C18H26N2O2S/c1-14(17-7-5-4-6-8-17)13-23-15(2)18(22)20-11-9-19(10-12-20)16(3)21/h4-8,14-15H,9-13H2,1-3H3/t14-,15+/m0/s1. The summed E-state index contributed by atoms with van der Waals surface area (Å²) in [5, 5.41) is -0.0370. The molecule has 1 heterocycles. The van der Waals surface area contributed by atoms with Crippen molar-refractivity contribution in [3.8, 4) is 0 Å². The molecule has 1 aliphatic rings. The summed E-state index contributed by atoms with van der Waals surface area (Å²) in [7, 11) is 0. The predicted molar refractivity (Wildman–Crippen MR) is 95.6 cm³/mol. The Morgan fingerprint density at radius 2 is 1.61 bits per heavy atom. The summed E-state index contributed by atoms with van der Waals surface area (Å²) < 4.78 is 0. The van der Waals surface area contributed by atoms with Crippen LogP contribution in [0.3, 0.4) is 0 Å². The molecule has 0 N–H and O–H groups in total. The van der Waals surface area contributed by atoms with Gasteiger partial charge in [-0.1, -0.05) is 37.3 Å². The zero-order chi connectivity index (χ0) is 16.8. The summed E-state index contributed by atoms with van der Waals surface area (Å²) in [6, 6.07) is 10.4. The van der Waals surface area contributed by atoms with Crippen LogP contribution in [0.15, 0.2) is 30.3 Å². The first kappa shape index (κ1) is 17.9. The van der Waals surface area contributed by atoms with Crippen LogP contribution in [-0.4, -0.2) is 58.8 Å². The minimum absolute atomic E-state index is 0.0370. The number of carbonyl (C=O) groups excluding carboxylic acids is 2. The second kappa shape index (κ2) is 8.39. The van der Waals surface area contributed by atoms with E-state index in [4.69, 9.17) is 0 Å². The molecule has 5 heteroatoms. The van der Waals surface area contributed by atoms with E-state index in [0.717, 1.165) is 5.75 Å². The summed E-state index contributed by atoms with van der Waals surface area (Å²) in [5.74, 6) is 1.66. The van der Waals surface area contributed by atoms with Crippen LogP contribution in [0, 0.1) is 0 Å². The largest absolute Gasteiger partial charge is 0.339 e. The third kappa shape index (κ3) is 4.99. The van der Waals surface area contributed by atoms with Gasteiger partial charge in [0.05, 0.1) is 5.25 Å². The summed E-state index contributed by atoms with van der Waals surface area (Å²) >= 11 is 1.72. The van der Waals surface area contributed by atoms with E-state index >= 15 is 0 Å². The van der Waals surface area contributed by atoms with Crippen LogP contribution in [0.1, 0.15) is 32.3 Å². The zero-order valence-corrected chi connectivity index (χ0v) is 15.0.